The molecule has 4 aromatic rings. The van der Waals surface area contributed by atoms with E-state index >= 15 is 0 Å². The van der Waals surface area contributed by atoms with Crippen LogP contribution in [0.15, 0.2) is 77.6 Å². The zero-order valence-corrected chi connectivity index (χ0v) is 22.8. The van der Waals surface area contributed by atoms with E-state index in [1.54, 1.807) is 30.3 Å². The van der Waals surface area contributed by atoms with Crippen LogP contribution in [0.1, 0.15) is 29.0 Å². The van der Waals surface area contributed by atoms with Gasteiger partial charge < -0.3 is 4.90 Å². The van der Waals surface area contributed by atoms with Crippen LogP contribution in [0.5, 0.6) is 0 Å². The first kappa shape index (κ1) is 29.7. The molecular formula is C29H25ClF4N4O3. The van der Waals surface area contributed by atoms with Gasteiger partial charge in [0.1, 0.15) is 12.4 Å². The molecule has 0 saturated carbocycles. The molecule has 0 aliphatic carbocycles. The Bertz CT molecular complexity index is 1630. The molecule has 1 amide bonds. The summed E-state index contributed by atoms with van der Waals surface area (Å²) >= 11 is 5.99. The van der Waals surface area contributed by atoms with Crippen molar-refractivity contribution in [2.24, 2.45) is 0 Å². The number of hydrogen-bond donors (Lipinski definition) is 0. The fraction of sp³-hybridized carbons (Fsp3) is 0.241. The molecule has 3 aromatic carbocycles. The van der Waals surface area contributed by atoms with Crippen molar-refractivity contribution in [2.75, 3.05) is 14.1 Å². The molecule has 0 saturated heterocycles. The molecule has 0 aliphatic heterocycles. The molecule has 12 heteroatoms. The Balaban J connectivity index is 1.68. The molecule has 0 N–H and O–H groups in total. The van der Waals surface area contributed by atoms with Gasteiger partial charge in [0.05, 0.1) is 18.0 Å². The van der Waals surface area contributed by atoms with Crippen LogP contribution >= 0.6 is 11.6 Å². The third-order valence-corrected chi connectivity index (χ3v) is 6.68. The van der Waals surface area contributed by atoms with Crippen molar-refractivity contribution in [2.45, 2.75) is 31.6 Å². The lowest BCUT2D eigenvalue weighted by Crippen LogP contribution is -2.32. The summed E-state index contributed by atoms with van der Waals surface area (Å²) in [6.45, 7) is -0.733. The normalized spacial score (nSPS) is 12.3. The van der Waals surface area contributed by atoms with Crippen molar-refractivity contribution in [1.29, 1.82) is 0 Å². The number of aromatic nitrogens is 3. The van der Waals surface area contributed by atoms with Crippen molar-refractivity contribution in [3.8, 4) is 11.4 Å². The molecule has 0 aliphatic rings. The first-order valence-corrected chi connectivity index (χ1v) is 12.8. The highest BCUT2D eigenvalue weighted by Gasteiger charge is 2.33. The highest BCUT2D eigenvalue weighted by molar-refractivity contribution is 6.30. The minimum absolute atomic E-state index is 0.0196. The van der Waals surface area contributed by atoms with Gasteiger partial charge in [-0.1, -0.05) is 48.0 Å². The van der Waals surface area contributed by atoms with Crippen molar-refractivity contribution in [1.82, 2.24) is 19.2 Å². The number of hydrogen-bond acceptors (Lipinski definition) is 4. The maximum atomic E-state index is 14.4. The zero-order chi connectivity index (χ0) is 29.9. The molecule has 214 valence electrons. The van der Waals surface area contributed by atoms with E-state index in [1.807, 2.05) is 0 Å². The number of alkyl halides is 3. The number of amides is 1. The lowest BCUT2D eigenvalue weighted by molar-refractivity contribution is -0.138. The van der Waals surface area contributed by atoms with Crippen LogP contribution in [0.4, 0.5) is 17.6 Å². The molecule has 0 fully saturated rings. The first-order chi connectivity index (χ1) is 19.3. The number of ketones is 1. The van der Waals surface area contributed by atoms with Gasteiger partial charge in [0.2, 0.25) is 5.91 Å². The number of halogens is 5. The summed E-state index contributed by atoms with van der Waals surface area (Å²) in [6, 6.07) is 16.6. The van der Waals surface area contributed by atoms with Gasteiger partial charge in [0.15, 0.2) is 11.6 Å². The molecule has 1 unspecified atom stereocenters. The number of carbonyl (C=O) groups excluding carboxylic acids is 2. The fourth-order valence-corrected chi connectivity index (χ4v) is 4.47. The number of rotatable bonds is 9. The smallest absolute Gasteiger partial charge is 0.348 e. The van der Waals surface area contributed by atoms with Gasteiger partial charge in [0, 0.05) is 36.7 Å². The monoisotopic (exact) mass is 588 g/mol. The van der Waals surface area contributed by atoms with Gasteiger partial charge in [-0.15, -0.1) is 5.10 Å². The van der Waals surface area contributed by atoms with E-state index in [-0.39, 0.29) is 23.5 Å². The van der Waals surface area contributed by atoms with E-state index in [0.717, 1.165) is 16.8 Å². The Morgan fingerprint density at radius 2 is 1.68 bits per heavy atom. The molecule has 1 aromatic heterocycles. The number of Topliss-reactive ketones (excluding diaryl/α,β-unsaturated/α-hetero) is 1. The summed E-state index contributed by atoms with van der Waals surface area (Å²) in [6.07, 6.45) is -5.11. The summed E-state index contributed by atoms with van der Waals surface area (Å²) < 4.78 is 56.5. The number of likely N-dealkylation sites (N-methyl/N-ethyl adjacent to an activating group) is 1. The van der Waals surface area contributed by atoms with Crippen LogP contribution < -0.4 is 5.69 Å². The van der Waals surface area contributed by atoms with Gasteiger partial charge in [0.25, 0.3) is 0 Å². The molecule has 1 heterocycles. The predicted molar refractivity (Wildman–Crippen MR) is 145 cm³/mol. The van der Waals surface area contributed by atoms with Crippen LogP contribution in [-0.2, 0) is 28.9 Å². The van der Waals surface area contributed by atoms with E-state index in [4.69, 9.17) is 11.6 Å². The lowest BCUT2D eigenvalue weighted by atomic mass is 9.91. The van der Waals surface area contributed by atoms with Crippen LogP contribution in [0.3, 0.4) is 0 Å². The quantitative estimate of drug-likeness (QED) is 0.245. The topological polar surface area (TPSA) is 77.2 Å². The van der Waals surface area contributed by atoms with Crippen molar-refractivity contribution >= 4 is 23.3 Å². The Labute approximate surface area is 237 Å². The van der Waals surface area contributed by atoms with E-state index in [1.165, 1.54) is 53.9 Å². The molecule has 4 rings (SSSR count). The summed E-state index contributed by atoms with van der Waals surface area (Å²) in [5.41, 5.74) is -0.933. The fourth-order valence-electron chi connectivity index (χ4n) is 4.35. The average Bonchev–Trinajstić information content (AvgIpc) is 3.22. The highest BCUT2D eigenvalue weighted by atomic mass is 35.5. The predicted octanol–water partition coefficient (Wildman–Crippen LogP) is 5.40. The Hall–Kier alpha value is -4.25. The van der Waals surface area contributed by atoms with E-state index in [0.29, 0.717) is 10.6 Å². The molecule has 1 atom stereocenters. The Morgan fingerprint density at radius 3 is 2.32 bits per heavy atom. The van der Waals surface area contributed by atoms with Gasteiger partial charge in [-0.3, -0.25) is 14.2 Å². The lowest BCUT2D eigenvalue weighted by Gasteiger charge is -2.21. The Morgan fingerprint density at radius 1 is 1.00 bits per heavy atom. The van der Waals surface area contributed by atoms with E-state index in [2.05, 4.69) is 5.10 Å². The standard InChI is InChI=1S/C29H25ClF4N4O3/c1-36(2)27(40)24(19-7-5-8-21(14-19)29(32,33)34)15-23(39)17-38-28(41)37(16-20-6-3-4-9-25(20)31)26(35-38)18-10-12-22(30)13-11-18/h3-14,24H,15-17H2,1-2H3. The molecule has 0 bridgehead atoms. The third-order valence-electron chi connectivity index (χ3n) is 6.42. The minimum Gasteiger partial charge on any atom is -0.348 e. The SMILES string of the molecule is CN(C)C(=O)C(CC(=O)Cn1nc(-c2ccc(Cl)cc2)n(Cc2ccccc2F)c1=O)c1cccc(C(F)(F)F)c1. The molecule has 41 heavy (non-hydrogen) atoms. The largest absolute Gasteiger partial charge is 0.416 e. The van der Waals surface area contributed by atoms with Gasteiger partial charge in [-0.2, -0.15) is 13.2 Å². The maximum absolute atomic E-state index is 14.4. The van der Waals surface area contributed by atoms with Gasteiger partial charge in [-0.25, -0.2) is 13.9 Å². The third kappa shape index (κ3) is 6.91. The van der Waals surface area contributed by atoms with E-state index < -0.39 is 53.8 Å². The van der Waals surface area contributed by atoms with Crippen LogP contribution in [-0.4, -0.2) is 45.0 Å². The second-order valence-corrected chi connectivity index (χ2v) is 10.0. The molecular weight excluding hydrogens is 564 g/mol. The number of benzene rings is 3. The minimum atomic E-state index is -4.64. The average molecular weight is 589 g/mol. The highest BCUT2D eigenvalue weighted by Crippen LogP contribution is 2.32. The van der Waals surface area contributed by atoms with Gasteiger partial charge >= 0.3 is 11.9 Å². The molecule has 7 nitrogen and oxygen atoms in total. The van der Waals surface area contributed by atoms with Crippen LogP contribution in [0.25, 0.3) is 11.4 Å². The van der Waals surface area contributed by atoms with Crippen molar-refractivity contribution in [3.63, 3.8) is 0 Å². The zero-order valence-electron chi connectivity index (χ0n) is 22.0. The summed E-state index contributed by atoms with van der Waals surface area (Å²) in [5, 5.41) is 4.76. The Kier molecular flexibility index (Phi) is 8.77. The maximum Gasteiger partial charge on any atom is 0.416 e. The summed E-state index contributed by atoms with van der Waals surface area (Å²) in [7, 11) is 2.86. The number of carbonyl (C=O) groups is 2. The second kappa shape index (κ2) is 12.1. The van der Waals surface area contributed by atoms with E-state index in [9.17, 15) is 31.9 Å². The second-order valence-electron chi connectivity index (χ2n) is 9.60. The molecule has 0 radical (unpaired) electrons. The summed E-state index contributed by atoms with van der Waals surface area (Å²) in [5.74, 6) is -2.77. The molecule has 0 spiro atoms. The van der Waals surface area contributed by atoms with Crippen LogP contribution in [0.2, 0.25) is 5.02 Å². The first-order valence-electron chi connectivity index (χ1n) is 12.4. The van der Waals surface area contributed by atoms with Gasteiger partial charge in [-0.05, 0) is 42.0 Å². The summed E-state index contributed by atoms with van der Waals surface area (Å²) in [4.78, 5) is 40.7. The van der Waals surface area contributed by atoms with Crippen molar-refractivity contribution < 1.29 is 27.2 Å². The van der Waals surface area contributed by atoms with Crippen molar-refractivity contribution in [3.05, 3.63) is 111 Å². The van der Waals surface area contributed by atoms with Crippen LogP contribution in [0, 0.1) is 5.82 Å². The number of nitrogens with zero attached hydrogens (tertiary/aromatic N) is 4.